The molecule has 13 heavy (non-hydrogen) atoms. The number of rotatable bonds is 3. The molecule has 0 aliphatic heterocycles. The fourth-order valence-corrected chi connectivity index (χ4v) is 1.07. The highest BCUT2D eigenvalue weighted by Gasteiger charge is 2.12. The van der Waals surface area contributed by atoms with Crippen molar-refractivity contribution in [2.75, 3.05) is 0 Å². The van der Waals surface area contributed by atoms with E-state index in [-0.39, 0.29) is 12.6 Å². The van der Waals surface area contributed by atoms with Gasteiger partial charge in [-0.25, -0.2) is 0 Å². The Morgan fingerprint density at radius 2 is 2.31 bits per heavy atom. The summed E-state index contributed by atoms with van der Waals surface area (Å²) in [5.41, 5.74) is 6.75. The van der Waals surface area contributed by atoms with Gasteiger partial charge < -0.3 is 15.9 Å². The van der Waals surface area contributed by atoms with E-state index in [4.69, 9.17) is 10.8 Å². The minimum atomic E-state index is -0.701. The van der Waals surface area contributed by atoms with Gasteiger partial charge in [0.25, 0.3) is 0 Å². The highest BCUT2D eigenvalue weighted by atomic mass is 16.3. The Hall–Kier alpha value is -0.970. The third kappa shape index (κ3) is 2.48. The first-order valence-corrected chi connectivity index (χ1v) is 4.14. The van der Waals surface area contributed by atoms with E-state index >= 15 is 0 Å². The van der Waals surface area contributed by atoms with Crippen molar-refractivity contribution in [3.63, 3.8) is 0 Å². The average Bonchev–Trinajstić information content (AvgIpc) is 2.16. The molecule has 0 aromatic carbocycles. The summed E-state index contributed by atoms with van der Waals surface area (Å²) < 4.78 is 0. The van der Waals surface area contributed by atoms with E-state index in [9.17, 15) is 5.11 Å². The number of hydrogen-bond acceptors (Lipinski definition) is 4. The molecule has 0 saturated heterocycles. The van der Waals surface area contributed by atoms with Crippen molar-refractivity contribution >= 4 is 0 Å². The lowest BCUT2D eigenvalue weighted by molar-refractivity contribution is 0.153. The molecule has 0 spiro atoms. The second-order valence-electron chi connectivity index (χ2n) is 3.04. The summed E-state index contributed by atoms with van der Waals surface area (Å²) in [5, 5.41) is 18.4. The fraction of sp³-hybridized carbons (Fsp3) is 0.444. The van der Waals surface area contributed by atoms with Crippen molar-refractivity contribution in [1.29, 1.82) is 0 Å². The topological polar surface area (TPSA) is 79.4 Å². The van der Waals surface area contributed by atoms with Crippen molar-refractivity contribution in [1.82, 2.24) is 4.98 Å². The number of pyridine rings is 1. The Labute approximate surface area is 77.0 Å². The van der Waals surface area contributed by atoms with Gasteiger partial charge in [-0.05, 0) is 24.6 Å². The Morgan fingerprint density at radius 3 is 2.85 bits per heavy atom. The van der Waals surface area contributed by atoms with Crippen LogP contribution in [0.2, 0.25) is 0 Å². The van der Waals surface area contributed by atoms with Crippen LogP contribution in [-0.2, 0) is 6.61 Å². The highest BCUT2D eigenvalue weighted by Crippen LogP contribution is 2.15. The zero-order valence-corrected chi connectivity index (χ0v) is 7.51. The Kier molecular flexibility index (Phi) is 3.36. The van der Waals surface area contributed by atoms with Crippen LogP contribution >= 0.6 is 0 Å². The van der Waals surface area contributed by atoms with Crippen LogP contribution in [0.3, 0.4) is 0 Å². The zero-order valence-electron chi connectivity index (χ0n) is 7.51. The lowest BCUT2D eigenvalue weighted by atomic mass is 10.0. The molecular weight excluding hydrogens is 168 g/mol. The van der Waals surface area contributed by atoms with E-state index < -0.39 is 6.10 Å². The summed E-state index contributed by atoms with van der Waals surface area (Å²) in [6.07, 6.45) is 0.847. The van der Waals surface area contributed by atoms with E-state index in [1.807, 2.05) is 0 Å². The number of nitrogens with two attached hydrogens (primary N) is 1. The molecule has 0 fully saturated rings. The van der Waals surface area contributed by atoms with Crippen molar-refractivity contribution < 1.29 is 10.2 Å². The zero-order chi connectivity index (χ0) is 9.84. The molecule has 4 N–H and O–H groups in total. The maximum atomic E-state index is 9.58. The third-order valence-corrected chi connectivity index (χ3v) is 1.84. The molecule has 0 aliphatic carbocycles. The van der Waals surface area contributed by atoms with Gasteiger partial charge in [-0.15, -0.1) is 0 Å². The van der Waals surface area contributed by atoms with Crippen LogP contribution in [0.4, 0.5) is 0 Å². The lowest BCUT2D eigenvalue weighted by Gasteiger charge is -2.14. The first-order valence-electron chi connectivity index (χ1n) is 4.14. The molecule has 72 valence electrons. The Balaban J connectivity index is 2.88. The average molecular weight is 182 g/mol. The van der Waals surface area contributed by atoms with Crippen molar-refractivity contribution in [3.8, 4) is 0 Å². The van der Waals surface area contributed by atoms with Gasteiger partial charge >= 0.3 is 0 Å². The second kappa shape index (κ2) is 4.32. The first-order chi connectivity index (χ1) is 6.15. The van der Waals surface area contributed by atoms with E-state index in [1.54, 1.807) is 25.3 Å². The third-order valence-electron chi connectivity index (χ3n) is 1.84. The normalized spacial score (nSPS) is 15.4. The van der Waals surface area contributed by atoms with Gasteiger partial charge in [0, 0.05) is 12.2 Å². The maximum Gasteiger partial charge on any atom is 0.0939 e. The summed E-state index contributed by atoms with van der Waals surface area (Å²) in [6, 6.07) is 3.01. The Bertz CT molecular complexity index is 276. The lowest BCUT2D eigenvalue weighted by Crippen LogP contribution is -2.24. The predicted octanol–water partition coefficient (Wildman–Crippen LogP) is -0.0455. The van der Waals surface area contributed by atoms with Gasteiger partial charge in [0.2, 0.25) is 0 Å². The predicted molar refractivity (Wildman–Crippen MR) is 48.8 cm³/mol. The smallest absolute Gasteiger partial charge is 0.0939 e. The summed E-state index contributed by atoms with van der Waals surface area (Å²) in [7, 11) is 0. The molecule has 1 aromatic rings. The van der Waals surface area contributed by atoms with Crippen molar-refractivity contribution in [3.05, 3.63) is 29.6 Å². The van der Waals surface area contributed by atoms with Gasteiger partial charge in [0.05, 0.1) is 18.4 Å². The minimum absolute atomic E-state index is 0.125. The van der Waals surface area contributed by atoms with E-state index in [2.05, 4.69) is 4.98 Å². The number of aliphatic hydroxyl groups is 2. The van der Waals surface area contributed by atoms with Gasteiger partial charge in [-0.2, -0.15) is 0 Å². The quantitative estimate of drug-likeness (QED) is 0.612. The highest BCUT2D eigenvalue weighted by molar-refractivity contribution is 5.19. The van der Waals surface area contributed by atoms with Crippen LogP contribution in [0, 0.1) is 0 Å². The van der Waals surface area contributed by atoms with E-state index in [1.165, 1.54) is 0 Å². The number of aromatic nitrogens is 1. The van der Waals surface area contributed by atoms with Gasteiger partial charge in [-0.3, -0.25) is 4.98 Å². The summed E-state index contributed by atoms with van der Waals surface area (Å²) in [4.78, 5) is 3.90. The molecule has 4 nitrogen and oxygen atoms in total. The SMILES string of the molecule is CC(N)C(O)c1ccnc(CO)c1. The van der Waals surface area contributed by atoms with Gasteiger partial charge in [0.15, 0.2) is 0 Å². The van der Waals surface area contributed by atoms with Crippen LogP contribution in [-0.4, -0.2) is 21.2 Å². The molecule has 1 heterocycles. The molecule has 0 bridgehead atoms. The molecular formula is C9H14N2O2. The molecule has 0 saturated carbocycles. The van der Waals surface area contributed by atoms with Crippen LogP contribution < -0.4 is 5.73 Å². The van der Waals surface area contributed by atoms with E-state index in [0.29, 0.717) is 11.3 Å². The molecule has 2 unspecified atom stereocenters. The van der Waals surface area contributed by atoms with Crippen LogP contribution in [0.1, 0.15) is 24.3 Å². The summed E-state index contributed by atoms with van der Waals surface area (Å²) in [6.45, 7) is 1.60. The monoisotopic (exact) mass is 182 g/mol. The summed E-state index contributed by atoms with van der Waals surface area (Å²) in [5.74, 6) is 0. The van der Waals surface area contributed by atoms with Crippen LogP contribution in [0.25, 0.3) is 0 Å². The number of nitrogens with zero attached hydrogens (tertiary/aromatic N) is 1. The van der Waals surface area contributed by atoms with Gasteiger partial charge in [-0.1, -0.05) is 0 Å². The van der Waals surface area contributed by atoms with Crippen molar-refractivity contribution in [2.24, 2.45) is 5.73 Å². The maximum absolute atomic E-state index is 9.58. The molecule has 0 amide bonds. The largest absolute Gasteiger partial charge is 0.390 e. The first kappa shape index (κ1) is 10.1. The standard InChI is InChI=1S/C9H14N2O2/c1-6(10)9(13)7-2-3-11-8(4-7)5-12/h2-4,6,9,12-13H,5,10H2,1H3. The van der Waals surface area contributed by atoms with Gasteiger partial charge in [0.1, 0.15) is 0 Å². The number of hydrogen-bond donors (Lipinski definition) is 3. The second-order valence-corrected chi connectivity index (χ2v) is 3.04. The molecule has 0 radical (unpaired) electrons. The molecule has 1 rings (SSSR count). The molecule has 4 heteroatoms. The molecule has 0 aliphatic rings. The van der Waals surface area contributed by atoms with Crippen LogP contribution in [0.5, 0.6) is 0 Å². The van der Waals surface area contributed by atoms with E-state index in [0.717, 1.165) is 0 Å². The van der Waals surface area contributed by atoms with Crippen molar-refractivity contribution in [2.45, 2.75) is 25.7 Å². The Morgan fingerprint density at radius 1 is 1.62 bits per heavy atom. The summed E-state index contributed by atoms with van der Waals surface area (Å²) >= 11 is 0. The molecule has 1 aromatic heterocycles. The number of aliphatic hydroxyl groups excluding tert-OH is 2. The minimum Gasteiger partial charge on any atom is -0.390 e. The van der Waals surface area contributed by atoms with Crippen LogP contribution in [0.15, 0.2) is 18.3 Å². The fourth-order valence-electron chi connectivity index (χ4n) is 1.07. The molecule has 2 atom stereocenters.